The van der Waals surface area contributed by atoms with Crippen molar-refractivity contribution in [3.63, 3.8) is 0 Å². The zero-order chi connectivity index (χ0) is 21.6. The molecule has 2 aliphatic rings. The second kappa shape index (κ2) is 7.75. The highest BCUT2D eigenvalue weighted by atomic mass is 32.2. The summed E-state index contributed by atoms with van der Waals surface area (Å²) in [5, 5.41) is 0. The molecule has 1 amide bonds. The molecule has 162 valence electrons. The van der Waals surface area contributed by atoms with Crippen molar-refractivity contribution in [2.75, 3.05) is 13.1 Å². The Balaban J connectivity index is 1.83. The number of piperidine rings is 1. The zero-order valence-corrected chi connectivity index (χ0v) is 19.1. The van der Waals surface area contributed by atoms with E-state index in [0.717, 1.165) is 12.0 Å². The van der Waals surface area contributed by atoms with Crippen LogP contribution in [0.25, 0.3) is 0 Å². The predicted molar refractivity (Wildman–Crippen MR) is 113 cm³/mol. The van der Waals surface area contributed by atoms with Gasteiger partial charge in [0.1, 0.15) is 16.2 Å². The molecule has 0 aromatic heterocycles. The molecule has 1 aromatic carbocycles. The Bertz CT molecular complexity index is 764. The first-order valence-corrected chi connectivity index (χ1v) is 11.4. The highest BCUT2D eigenvalue weighted by Gasteiger charge is 2.52. The lowest BCUT2D eigenvalue weighted by Crippen LogP contribution is -2.51. The summed E-state index contributed by atoms with van der Waals surface area (Å²) in [5.41, 5.74) is 0.811. The van der Waals surface area contributed by atoms with Crippen LogP contribution in [0.2, 0.25) is 0 Å². The van der Waals surface area contributed by atoms with Gasteiger partial charge in [0.25, 0.3) is 0 Å². The normalized spacial score (nSPS) is 22.5. The van der Waals surface area contributed by atoms with Crippen LogP contribution in [-0.4, -0.2) is 39.0 Å². The van der Waals surface area contributed by atoms with Gasteiger partial charge < -0.3 is 14.2 Å². The summed E-state index contributed by atoms with van der Waals surface area (Å²) in [6, 6.07) is 4.84. The van der Waals surface area contributed by atoms with E-state index in [4.69, 9.17) is 4.74 Å². The van der Waals surface area contributed by atoms with Crippen LogP contribution in [0.1, 0.15) is 71.6 Å². The van der Waals surface area contributed by atoms with Crippen LogP contribution in [0.5, 0.6) is 0 Å². The minimum atomic E-state index is -1.32. The van der Waals surface area contributed by atoms with E-state index in [1.807, 2.05) is 47.6 Å². The van der Waals surface area contributed by atoms with Crippen molar-refractivity contribution in [1.82, 2.24) is 9.62 Å². The lowest BCUT2D eigenvalue weighted by atomic mass is 9.73. The predicted octanol–water partition coefficient (Wildman–Crippen LogP) is 4.49. The number of hydrogen-bond donors (Lipinski definition) is 1. The molecule has 29 heavy (non-hydrogen) atoms. The molecule has 1 aliphatic heterocycles. The molecule has 1 unspecified atom stereocenters. The van der Waals surface area contributed by atoms with E-state index in [1.54, 1.807) is 11.0 Å². The van der Waals surface area contributed by atoms with Gasteiger partial charge in [-0.2, -0.15) is 0 Å². The lowest BCUT2D eigenvalue weighted by molar-refractivity contribution is 0.00705. The molecule has 1 spiro atoms. The Morgan fingerprint density at radius 1 is 1.24 bits per heavy atom. The summed E-state index contributed by atoms with van der Waals surface area (Å²) >= 11 is -1.32. The van der Waals surface area contributed by atoms with E-state index in [9.17, 15) is 13.7 Å². The maximum absolute atomic E-state index is 14.8. The molecule has 2 atom stereocenters. The van der Waals surface area contributed by atoms with Gasteiger partial charge in [0.2, 0.25) is 0 Å². The van der Waals surface area contributed by atoms with Crippen LogP contribution in [0, 0.1) is 11.2 Å². The molecule has 1 aliphatic carbocycles. The van der Waals surface area contributed by atoms with Crippen LogP contribution in [0.15, 0.2) is 18.2 Å². The molecular formula is C22H33FN2O3S. The quantitative estimate of drug-likeness (QED) is 0.711. The first-order chi connectivity index (χ1) is 13.3. The summed E-state index contributed by atoms with van der Waals surface area (Å²) in [5.74, 6) is -0.252. The standard InChI is InChI=1S/C22H33FN2O3S/c1-20(2,3)28-19(26)25-12-10-22(11-13-25)14-15-8-7-9-16(23)17(15)18(22)24-29(27)21(4,5)6/h7-9,18,24H,10-14H2,1-6H3/t18-,29?/m1/s1. The molecule has 1 N–H and O–H groups in total. The number of fused-ring (bicyclic) bond motifs is 1. The molecule has 0 radical (unpaired) electrons. The largest absolute Gasteiger partial charge is 0.598 e. The molecule has 0 saturated carbocycles. The van der Waals surface area contributed by atoms with Crippen molar-refractivity contribution in [2.45, 2.75) is 77.2 Å². The van der Waals surface area contributed by atoms with Gasteiger partial charge in [0, 0.05) is 35.4 Å². The van der Waals surface area contributed by atoms with Crippen molar-refractivity contribution in [3.05, 3.63) is 35.1 Å². The average Bonchev–Trinajstić information content (AvgIpc) is 2.87. The Kier molecular flexibility index (Phi) is 5.98. The van der Waals surface area contributed by atoms with Crippen molar-refractivity contribution < 1.29 is 18.5 Å². The number of likely N-dealkylation sites (tertiary alicyclic amines) is 1. The maximum Gasteiger partial charge on any atom is 0.410 e. The van der Waals surface area contributed by atoms with E-state index in [0.29, 0.717) is 31.5 Å². The smallest absolute Gasteiger partial charge is 0.410 e. The molecule has 1 aromatic rings. The minimum absolute atomic E-state index is 0.252. The second-order valence-corrected chi connectivity index (χ2v) is 12.2. The fourth-order valence-electron chi connectivity index (χ4n) is 4.24. The lowest BCUT2D eigenvalue weighted by Gasteiger charge is -2.43. The second-order valence-electron chi connectivity index (χ2n) is 10.3. The van der Waals surface area contributed by atoms with E-state index < -0.39 is 21.7 Å². The van der Waals surface area contributed by atoms with E-state index in [-0.39, 0.29) is 23.4 Å². The average molecular weight is 425 g/mol. The minimum Gasteiger partial charge on any atom is -0.598 e. The van der Waals surface area contributed by atoms with Crippen LogP contribution in [-0.2, 0) is 22.5 Å². The molecule has 3 rings (SSSR count). The maximum atomic E-state index is 14.8. The van der Waals surface area contributed by atoms with Crippen molar-refractivity contribution >= 4 is 17.5 Å². The van der Waals surface area contributed by atoms with Crippen LogP contribution in [0.4, 0.5) is 9.18 Å². The number of nitrogens with one attached hydrogen (secondary N) is 1. The molecule has 5 nitrogen and oxygen atoms in total. The van der Waals surface area contributed by atoms with Gasteiger partial charge in [0.15, 0.2) is 0 Å². The molecular weight excluding hydrogens is 391 g/mol. The highest BCUT2D eigenvalue weighted by Crippen LogP contribution is 2.53. The van der Waals surface area contributed by atoms with Crippen molar-refractivity contribution in [2.24, 2.45) is 5.41 Å². The Morgan fingerprint density at radius 2 is 1.86 bits per heavy atom. The number of ether oxygens (including phenoxy) is 1. The molecule has 1 heterocycles. The number of amides is 1. The van der Waals surface area contributed by atoms with Crippen molar-refractivity contribution in [3.8, 4) is 0 Å². The number of carbonyl (C=O) groups is 1. The highest BCUT2D eigenvalue weighted by molar-refractivity contribution is 7.90. The SMILES string of the molecule is CC(C)(C)OC(=O)N1CCC2(CC1)Cc1cccc(F)c1[C@H]2N[S+]([O-])C(C)(C)C. The van der Waals surface area contributed by atoms with Gasteiger partial charge >= 0.3 is 6.09 Å². The van der Waals surface area contributed by atoms with Gasteiger partial charge in [-0.3, -0.25) is 0 Å². The number of rotatable bonds is 2. The zero-order valence-electron chi connectivity index (χ0n) is 18.3. The molecule has 1 fully saturated rings. The number of benzene rings is 1. The van der Waals surface area contributed by atoms with Gasteiger partial charge in [-0.1, -0.05) is 12.1 Å². The number of halogens is 1. The van der Waals surface area contributed by atoms with Gasteiger partial charge in [-0.05, 0) is 72.4 Å². The summed E-state index contributed by atoms with van der Waals surface area (Å²) in [6.45, 7) is 12.4. The summed E-state index contributed by atoms with van der Waals surface area (Å²) < 4.78 is 36.0. The van der Waals surface area contributed by atoms with Crippen LogP contribution >= 0.6 is 0 Å². The fraction of sp³-hybridized carbons (Fsp3) is 0.682. The number of nitrogens with zero attached hydrogens (tertiary/aromatic N) is 1. The third kappa shape index (κ3) is 4.72. The van der Waals surface area contributed by atoms with Crippen LogP contribution < -0.4 is 4.72 Å². The van der Waals surface area contributed by atoms with Crippen LogP contribution in [0.3, 0.4) is 0 Å². The topological polar surface area (TPSA) is 64.6 Å². The molecule has 0 bridgehead atoms. The summed E-state index contributed by atoms with van der Waals surface area (Å²) in [7, 11) is 0. The van der Waals surface area contributed by atoms with E-state index in [2.05, 4.69) is 4.72 Å². The first kappa shape index (κ1) is 22.4. The summed E-state index contributed by atoms with van der Waals surface area (Å²) in [6.07, 6.45) is 1.83. The third-order valence-electron chi connectivity index (χ3n) is 5.78. The fourth-order valence-corrected chi connectivity index (χ4v) is 5.18. The number of hydrogen-bond acceptors (Lipinski definition) is 4. The Morgan fingerprint density at radius 3 is 2.41 bits per heavy atom. The van der Waals surface area contributed by atoms with Gasteiger partial charge in [0.05, 0.1) is 6.04 Å². The van der Waals surface area contributed by atoms with E-state index >= 15 is 0 Å². The molecule has 1 saturated heterocycles. The van der Waals surface area contributed by atoms with Gasteiger partial charge in [-0.15, -0.1) is 4.72 Å². The Hall–Kier alpha value is -1.31. The Labute approximate surface area is 176 Å². The first-order valence-electron chi connectivity index (χ1n) is 10.3. The summed E-state index contributed by atoms with van der Waals surface area (Å²) in [4.78, 5) is 14.2. The van der Waals surface area contributed by atoms with Crippen molar-refractivity contribution in [1.29, 1.82) is 0 Å². The van der Waals surface area contributed by atoms with E-state index in [1.165, 1.54) is 6.07 Å². The third-order valence-corrected chi connectivity index (χ3v) is 7.34. The number of carbonyl (C=O) groups excluding carboxylic acids is 1. The molecule has 7 heteroatoms. The monoisotopic (exact) mass is 424 g/mol. The van der Waals surface area contributed by atoms with Gasteiger partial charge in [-0.25, -0.2) is 9.18 Å².